The van der Waals surface area contributed by atoms with Crippen LogP contribution in [0.4, 0.5) is 0 Å². The van der Waals surface area contributed by atoms with Crippen molar-refractivity contribution in [3.8, 4) is 0 Å². The van der Waals surface area contributed by atoms with Crippen LogP contribution in [0.3, 0.4) is 0 Å². The van der Waals surface area contributed by atoms with E-state index in [0.717, 1.165) is 24.4 Å². The van der Waals surface area contributed by atoms with Gasteiger partial charge in [0.2, 0.25) is 0 Å². The van der Waals surface area contributed by atoms with Crippen LogP contribution in [-0.4, -0.2) is 6.04 Å². The molecule has 0 spiro atoms. The van der Waals surface area contributed by atoms with Gasteiger partial charge in [0.15, 0.2) is 0 Å². The van der Waals surface area contributed by atoms with Gasteiger partial charge in [-0.3, -0.25) is 0 Å². The quantitative estimate of drug-likeness (QED) is 0.866. The minimum Gasteiger partial charge on any atom is -0.309 e. The predicted molar refractivity (Wildman–Crippen MR) is 70.2 cm³/mol. The summed E-state index contributed by atoms with van der Waals surface area (Å²) in [7, 11) is 0. The molecule has 86 valence electrons. The number of hydrogen-bond donors (Lipinski definition) is 1. The zero-order chi connectivity index (χ0) is 11.0. The Labute approximate surface area is 106 Å². The Kier molecular flexibility index (Phi) is 3.03. The lowest BCUT2D eigenvalue weighted by atomic mass is 10.1. The van der Waals surface area contributed by atoms with E-state index in [2.05, 4.69) is 45.5 Å². The van der Waals surface area contributed by atoms with Gasteiger partial charge in [0, 0.05) is 17.1 Å². The third-order valence-corrected chi connectivity index (χ3v) is 4.52. The van der Waals surface area contributed by atoms with E-state index >= 15 is 0 Å². The van der Waals surface area contributed by atoms with Gasteiger partial charge >= 0.3 is 0 Å². The Morgan fingerprint density at radius 1 is 1.12 bits per heavy atom. The fourth-order valence-corrected chi connectivity index (χ4v) is 2.92. The second kappa shape index (κ2) is 4.50. The molecule has 2 fully saturated rings. The van der Waals surface area contributed by atoms with Gasteiger partial charge in [0.1, 0.15) is 0 Å². The molecule has 1 aromatic rings. The topological polar surface area (TPSA) is 12.0 Å². The monoisotopic (exact) mass is 279 g/mol. The summed E-state index contributed by atoms with van der Waals surface area (Å²) in [5.41, 5.74) is 1.38. The molecule has 2 aliphatic rings. The molecule has 2 saturated carbocycles. The van der Waals surface area contributed by atoms with Crippen LogP contribution in [0.25, 0.3) is 0 Å². The maximum absolute atomic E-state index is 3.77. The van der Waals surface area contributed by atoms with E-state index in [1.807, 2.05) is 0 Å². The van der Waals surface area contributed by atoms with E-state index < -0.39 is 0 Å². The van der Waals surface area contributed by atoms with Crippen LogP contribution in [0.5, 0.6) is 0 Å². The molecule has 0 unspecified atom stereocenters. The van der Waals surface area contributed by atoms with E-state index in [-0.39, 0.29) is 0 Å². The molecule has 0 aromatic heterocycles. The average Bonchev–Trinajstić information content (AvgIpc) is 3.15. The molecule has 1 aromatic carbocycles. The second-order valence-electron chi connectivity index (χ2n) is 5.17. The molecule has 0 amide bonds. The van der Waals surface area contributed by atoms with Crippen LogP contribution in [0.15, 0.2) is 28.7 Å². The van der Waals surface area contributed by atoms with E-state index in [4.69, 9.17) is 0 Å². The van der Waals surface area contributed by atoms with Gasteiger partial charge < -0.3 is 5.32 Å². The minimum atomic E-state index is 0.798. The average molecular weight is 280 g/mol. The third-order valence-electron chi connectivity index (χ3n) is 3.75. The molecule has 1 N–H and O–H groups in total. The summed E-state index contributed by atoms with van der Waals surface area (Å²) >= 11 is 3.61. The van der Waals surface area contributed by atoms with Gasteiger partial charge in [-0.2, -0.15) is 0 Å². The van der Waals surface area contributed by atoms with E-state index in [9.17, 15) is 0 Å². The standard InChI is InChI=1S/C14H18BrN/c15-13-4-2-1-3-12(13)9-16-14(10-5-6-10)11-7-8-11/h1-4,10-11,14,16H,5-9H2. The van der Waals surface area contributed by atoms with Crippen LogP contribution in [0.1, 0.15) is 31.2 Å². The van der Waals surface area contributed by atoms with E-state index in [0.29, 0.717) is 0 Å². The first-order valence-electron chi connectivity index (χ1n) is 6.31. The maximum atomic E-state index is 3.77. The summed E-state index contributed by atoms with van der Waals surface area (Å²) < 4.78 is 1.23. The van der Waals surface area contributed by atoms with Crippen molar-refractivity contribution in [3.05, 3.63) is 34.3 Å². The first-order valence-corrected chi connectivity index (χ1v) is 7.10. The SMILES string of the molecule is Brc1ccccc1CNC(C1CC1)C1CC1. The number of hydrogen-bond acceptors (Lipinski definition) is 1. The Morgan fingerprint density at radius 3 is 2.31 bits per heavy atom. The fourth-order valence-electron chi connectivity index (χ4n) is 2.50. The molecular formula is C14H18BrN. The molecule has 3 rings (SSSR count). The van der Waals surface area contributed by atoms with Gasteiger partial charge in [-0.1, -0.05) is 34.1 Å². The molecule has 2 heteroatoms. The van der Waals surface area contributed by atoms with Crippen molar-refractivity contribution in [2.45, 2.75) is 38.3 Å². The van der Waals surface area contributed by atoms with Crippen molar-refractivity contribution in [2.24, 2.45) is 11.8 Å². The highest BCUT2D eigenvalue weighted by Crippen LogP contribution is 2.44. The molecule has 2 aliphatic carbocycles. The summed E-state index contributed by atoms with van der Waals surface area (Å²) in [5, 5.41) is 3.77. The van der Waals surface area contributed by atoms with Crippen molar-refractivity contribution < 1.29 is 0 Å². The smallest absolute Gasteiger partial charge is 0.0220 e. The highest BCUT2D eigenvalue weighted by Gasteiger charge is 2.40. The molecule has 0 bridgehead atoms. The normalized spacial score (nSPS) is 20.4. The predicted octanol–water partition coefficient (Wildman–Crippen LogP) is 3.73. The summed E-state index contributed by atoms with van der Waals surface area (Å²) in [6, 6.07) is 9.32. The zero-order valence-corrected chi connectivity index (χ0v) is 11.0. The Bertz CT molecular complexity index is 357. The summed E-state index contributed by atoms with van der Waals surface area (Å²) in [4.78, 5) is 0. The first kappa shape index (κ1) is 10.8. The number of nitrogens with one attached hydrogen (secondary N) is 1. The lowest BCUT2D eigenvalue weighted by Crippen LogP contribution is -2.32. The van der Waals surface area contributed by atoms with Crippen LogP contribution in [0, 0.1) is 11.8 Å². The highest BCUT2D eigenvalue weighted by atomic mass is 79.9. The van der Waals surface area contributed by atoms with Gasteiger partial charge in [-0.15, -0.1) is 0 Å². The lowest BCUT2D eigenvalue weighted by Gasteiger charge is -2.18. The molecule has 0 aliphatic heterocycles. The summed E-state index contributed by atoms with van der Waals surface area (Å²) in [5.74, 6) is 1.96. The van der Waals surface area contributed by atoms with Crippen molar-refractivity contribution in [2.75, 3.05) is 0 Å². The van der Waals surface area contributed by atoms with Crippen LogP contribution >= 0.6 is 15.9 Å². The summed E-state index contributed by atoms with van der Waals surface area (Å²) in [6.45, 7) is 1.01. The van der Waals surface area contributed by atoms with Gasteiger partial charge in [-0.25, -0.2) is 0 Å². The number of benzene rings is 1. The minimum absolute atomic E-state index is 0.798. The largest absolute Gasteiger partial charge is 0.309 e. The van der Waals surface area contributed by atoms with Gasteiger partial charge in [0.25, 0.3) is 0 Å². The van der Waals surface area contributed by atoms with Crippen molar-refractivity contribution in [1.82, 2.24) is 5.32 Å². The fraction of sp³-hybridized carbons (Fsp3) is 0.571. The molecule has 1 nitrogen and oxygen atoms in total. The zero-order valence-electron chi connectivity index (χ0n) is 9.45. The Balaban J connectivity index is 1.60. The molecule has 0 heterocycles. The van der Waals surface area contributed by atoms with Gasteiger partial charge in [0.05, 0.1) is 0 Å². The van der Waals surface area contributed by atoms with E-state index in [1.165, 1.54) is 35.7 Å². The Hall–Kier alpha value is -0.340. The van der Waals surface area contributed by atoms with Crippen molar-refractivity contribution in [3.63, 3.8) is 0 Å². The van der Waals surface area contributed by atoms with Crippen molar-refractivity contribution >= 4 is 15.9 Å². The highest BCUT2D eigenvalue weighted by molar-refractivity contribution is 9.10. The maximum Gasteiger partial charge on any atom is 0.0220 e. The summed E-state index contributed by atoms with van der Waals surface area (Å²) in [6.07, 6.45) is 5.79. The van der Waals surface area contributed by atoms with Crippen LogP contribution in [0.2, 0.25) is 0 Å². The van der Waals surface area contributed by atoms with Gasteiger partial charge in [-0.05, 0) is 49.1 Å². The second-order valence-corrected chi connectivity index (χ2v) is 6.03. The number of rotatable bonds is 5. The molecule has 0 radical (unpaired) electrons. The molecular weight excluding hydrogens is 262 g/mol. The van der Waals surface area contributed by atoms with Crippen molar-refractivity contribution in [1.29, 1.82) is 0 Å². The molecule has 16 heavy (non-hydrogen) atoms. The molecule has 0 saturated heterocycles. The Morgan fingerprint density at radius 2 is 1.75 bits per heavy atom. The number of halogens is 1. The third kappa shape index (κ3) is 2.49. The first-order chi connectivity index (χ1) is 7.84. The van der Waals surface area contributed by atoms with Crippen LogP contribution < -0.4 is 5.32 Å². The van der Waals surface area contributed by atoms with E-state index in [1.54, 1.807) is 0 Å². The van der Waals surface area contributed by atoms with Crippen LogP contribution in [-0.2, 0) is 6.54 Å². The lowest BCUT2D eigenvalue weighted by molar-refractivity contribution is 0.415. The molecule has 0 atom stereocenters.